The van der Waals surface area contributed by atoms with Crippen molar-refractivity contribution < 1.29 is 9.59 Å². The summed E-state index contributed by atoms with van der Waals surface area (Å²) in [4.78, 5) is 27.5. The van der Waals surface area contributed by atoms with Gasteiger partial charge in [-0.05, 0) is 47.7 Å². The van der Waals surface area contributed by atoms with Crippen molar-refractivity contribution in [2.24, 2.45) is 0 Å². The summed E-state index contributed by atoms with van der Waals surface area (Å²) in [5.74, 6) is -0.108. The summed E-state index contributed by atoms with van der Waals surface area (Å²) in [7, 11) is 0. The second-order valence-electron chi connectivity index (χ2n) is 7.63. The Labute approximate surface area is 177 Å². The van der Waals surface area contributed by atoms with Crippen LogP contribution in [0.2, 0.25) is 0 Å². The summed E-state index contributed by atoms with van der Waals surface area (Å²) in [6.45, 7) is 3.16. The van der Waals surface area contributed by atoms with Gasteiger partial charge in [0.15, 0.2) is 0 Å². The summed E-state index contributed by atoms with van der Waals surface area (Å²) in [5.41, 5.74) is 4.84. The number of carbonyl (C=O) groups is 2. The van der Waals surface area contributed by atoms with Gasteiger partial charge in [0.25, 0.3) is 5.91 Å². The quantitative estimate of drug-likeness (QED) is 0.654. The van der Waals surface area contributed by atoms with Crippen LogP contribution in [-0.2, 0) is 17.8 Å². The molecule has 1 atom stereocenters. The number of nitrogens with one attached hydrogen (secondary N) is 1. The highest BCUT2D eigenvalue weighted by Crippen LogP contribution is 2.30. The van der Waals surface area contributed by atoms with Crippen LogP contribution in [0.4, 0.5) is 5.69 Å². The van der Waals surface area contributed by atoms with Crippen LogP contribution in [-0.4, -0.2) is 18.4 Å². The van der Waals surface area contributed by atoms with E-state index >= 15 is 0 Å². The van der Waals surface area contributed by atoms with E-state index in [1.807, 2.05) is 84.6 Å². The van der Waals surface area contributed by atoms with Gasteiger partial charge in [-0.15, -0.1) is 0 Å². The van der Waals surface area contributed by atoms with Gasteiger partial charge in [-0.2, -0.15) is 0 Å². The predicted molar refractivity (Wildman–Crippen MR) is 120 cm³/mol. The molecule has 0 saturated heterocycles. The zero-order valence-electron chi connectivity index (χ0n) is 17.2. The first-order valence-electron chi connectivity index (χ1n) is 10.5. The molecule has 0 aliphatic carbocycles. The second-order valence-corrected chi connectivity index (χ2v) is 7.63. The largest absolute Gasteiger partial charge is 0.351 e. The van der Waals surface area contributed by atoms with Crippen LogP contribution < -0.4 is 10.2 Å². The maximum Gasteiger partial charge on any atom is 0.258 e. The van der Waals surface area contributed by atoms with Crippen molar-refractivity contribution in [3.63, 3.8) is 0 Å². The van der Waals surface area contributed by atoms with Crippen LogP contribution in [0.1, 0.15) is 46.3 Å². The molecule has 4 heteroatoms. The van der Waals surface area contributed by atoms with Gasteiger partial charge in [0.2, 0.25) is 5.91 Å². The number of hydrogen-bond acceptors (Lipinski definition) is 2. The fourth-order valence-electron chi connectivity index (χ4n) is 4.05. The summed E-state index contributed by atoms with van der Waals surface area (Å²) < 4.78 is 0. The van der Waals surface area contributed by atoms with Gasteiger partial charge in [-0.25, -0.2) is 0 Å². The van der Waals surface area contributed by atoms with Crippen molar-refractivity contribution in [2.75, 3.05) is 11.4 Å². The molecule has 0 spiro atoms. The molecule has 1 aliphatic heterocycles. The smallest absolute Gasteiger partial charge is 0.258 e. The second kappa shape index (κ2) is 8.95. The van der Waals surface area contributed by atoms with Crippen molar-refractivity contribution in [1.82, 2.24) is 5.32 Å². The highest BCUT2D eigenvalue weighted by atomic mass is 16.2. The lowest BCUT2D eigenvalue weighted by Crippen LogP contribution is -2.30. The lowest BCUT2D eigenvalue weighted by Gasteiger charge is -2.19. The van der Waals surface area contributed by atoms with Gasteiger partial charge >= 0.3 is 0 Å². The predicted octanol–water partition coefficient (Wildman–Crippen LogP) is 4.70. The van der Waals surface area contributed by atoms with Gasteiger partial charge in [0, 0.05) is 24.3 Å². The first kappa shape index (κ1) is 19.9. The number of benzene rings is 3. The van der Waals surface area contributed by atoms with Crippen LogP contribution in [0.15, 0.2) is 78.9 Å². The van der Waals surface area contributed by atoms with Crippen molar-refractivity contribution in [1.29, 1.82) is 0 Å². The molecule has 0 fully saturated rings. The molecule has 2 amide bonds. The third-order valence-corrected chi connectivity index (χ3v) is 5.70. The summed E-state index contributed by atoms with van der Waals surface area (Å²) in [6.07, 6.45) is 1.60. The maximum atomic E-state index is 12.9. The van der Waals surface area contributed by atoms with Gasteiger partial charge in [-0.1, -0.05) is 67.6 Å². The average Bonchev–Trinajstić information content (AvgIpc) is 3.22. The monoisotopic (exact) mass is 398 g/mol. The molecular formula is C26H26N2O2. The molecule has 0 radical (unpaired) electrons. The molecule has 4 nitrogen and oxygen atoms in total. The van der Waals surface area contributed by atoms with Crippen molar-refractivity contribution >= 4 is 17.5 Å². The lowest BCUT2D eigenvalue weighted by atomic mass is 9.95. The fourth-order valence-corrected chi connectivity index (χ4v) is 4.05. The van der Waals surface area contributed by atoms with E-state index < -0.39 is 0 Å². The third-order valence-electron chi connectivity index (χ3n) is 5.70. The average molecular weight is 399 g/mol. The summed E-state index contributed by atoms with van der Waals surface area (Å²) in [5, 5.41) is 3.07. The van der Waals surface area contributed by atoms with E-state index in [0.717, 1.165) is 29.7 Å². The minimum Gasteiger partial charge on any atom is -0.351 e. The van der Waals surface area contributed by atoms with E-state index in [4.69, 9.17) is 0 Å². The van der Waals surface area contributed by atoms with Crippen LogP contribution in [0, 0.1) is 0 Å². The van der Waals surface area contributed by atoms with E-state index in [1.54, 1.807) is 0 Å². The zero-order chi connectivity index (χ0) is 20.9. The Kier molecular flexibility index (Phi) is 5.94. The molecule has 0 aromatic heterocycles. The van der Waals surface area contributed by atoms with Crippen LogP contribution in [0.25, 0.3) is 0 Å². The van der Waals surface area contributed by atoms with E-state index in [2.05, 4.69) is 11.4 Å². The zero-order valence-corrected chi connectivity index (χ0v) is 17.2. The Hall–Kier alpha value is -3.40. The van der Waals surface area contributed by atoms with E-state index in [9.17, 15) is 9.59 Å². The molecular weight excluding hydrogens is 372 g/mol. The molecule has 3 aromatic carbocycles. The van der Waals surface area contributed by atoms with Gasteiger partial charge in [0.05, 0.1) is 5.92 Å². The normalized spacial score (nSPS) is 13.6. The minimum absolute atomic E-state index is 0.0191. The Bertz CT molecular complexity index is 1030. The standard InChI is InChI=1S/C26H26N2O2/c1-2-23(20-9-5-3-6-10-20)25(29)27-18-19-13-14-21-15-16-28(24(21)17-19)26(30)22-11-7-4-8-12-22/h3-14,17,23H,2,15-16,18H2,1H3,(H,27,29)/t23-/m1/s1. The number of amides is 2. The number of rotatable bonds is 6. The molecule has 0 bridgehead atoms. The number of hydrogen-bond donors (Lipinski definition) is 1. The van der Waals surface area contributed by atoms with Crippen molar-refractivity contribution in [2.45, 2.75) is 32.2 Å². The fraction of sp³-hybridized carbons (Fsp3) is 0.231. The van der Waals surface area contributed by atoms with Crippen LogP contribution in [0.5, 0.6) is 0 Å². The van der Waals surface area contributed by atoms with E-state index in [1.165, 1.54) is 5.56 Å². The maximum absolute atomic E-state index is 12.9. The molecule has 1 heterocycles. The number of carbonyl (C=O) groups excluding carboxylic acids is 2. The van der Waals surface area contributed by atoms with Crippen LogP contribution in [0.3, 0.4) is 0 Å². The molecule has 1 aliphatic rings. The molecule has 152 valence electrons. The topological polar surface area (TPSA) is 49.4 Å². The molecule has 1 N–H and O–H groups in total. The van der Waals surface area contributed by atoms with E-state index in [-0.39, 0.29) is 17.7 Å². The molecule has 30 heavy (non-hydrogen) atoms. The molecule has 0 saturated carbocycles. The first-order valence-corrected chi connectivity index (χ1v) is 10.5. The first-order chi connectivity index (χ1) is 14.7. The summed E-state index contributed by atoms with van der Waals surface area (Å²) >= 11 is 0. The highest BCUT2D eigenvalue weighted by Gasteiger charge is 2.26. The van der Waals surface area contributed by atoms with E-state index in [0.29, 0.717) is 18.7 Å². The number of fused-ring (bicyclic) bond motifs is 1. The SMILES string of the molecule is CC[C@@H](C(=O)NCc1ccc2c(c1)N(C(=O)c1ccccc1)CC2)c1ccccc1. The van der Waals surface area contributed by atoms with Gasteiger partial charge in [-0.3, -0.25) is 9.59 Å². The highest BCUT2D eigenvalue weighted by molar-refractivity contribution is 6.07. The van der Waals surface area contributed by atoms with Gasteiger partial charge < -0.3 is 10.2 Å². The Morgan fingerprint density at radius 3 is 2.37 bits per heavy atom. The molecule has 0 unspecified atom stereocenters. The number of anilines is 1. The van der Waals surface area contributed by atoms with Crippen molar-refractivity contribution in [3.05, 3.63) is 101 Å². The lowest BCUT2D eigenvalue weighted by molar-refractivity contribution is -0.122. The summed E-state index contributed by atoms with van der Waals surface area (Å²) in [6, 6.07) is 25.4. The Balaban J connectivity index is 1.47. The van der Waals surface area contributed by atoms with Crippen LogP contribution >= 0.6 is 0 Å². The third kappa shape index (κ3) is 4.13. The molecule has 3 aromatic rings. The Morgan fingerprint density at radius 1 is 0.967 bits per heavy atom. The Morgan fingerprint density at radius 2 is 1.67 bits per heavy atom. The van der Waals surface area contributed by atoms with Crippen molar-refractivity contribution in [3.8, 4) is 0 Å². The van der Waals surface area contributed by atoms with Gasteiger partial charge in [0.1, 0.15) is 0 Å². The number of nitrogens with zero attached hydrogens (tertiary/aromatic N) is 1. The minimum atomic E-state index is -0.156. The molecule has 4 rings (SSSR count).